The number of para-hydroxylation sites is 2. The lowest BCUT2D eigenvalue weighted by Crippen LogP contribution is -2.10. The Labute approximate surface area is 100 Å². The Balaban J connectivity index is 2.05. The van der Waals surface area contributed by atoms with Crippen LogP contribution in [0.5, 0.6) is 0 Å². The van der Waals surface area contributed by atoms with Gasteiger partial charge in [-0.3, -0.25) is 4.79 Å². The Bertz CT molecular complexity index is 486. The molecule has 0 saturated carbocycles. The van der Waals surface area contributed by atoms with Gasteiger partial charge in [0.25, 0.3) is 0 Å². The van der Waals surface area contributed by atoms with Gasteiger partial charge in [0.2, 0.25) is 0 Å². The van der Waals surface area contributed by atoms with Crippen molar-refractivity contribution in [2.45, 2.75) is 19.8 Å². The summed E-state index contributed by atoms with van der Waals surface area (Å²) in [5.41, 5.74) is 2.00. The number of hydrogen-bond donors (Lipinski definition) is 1. The van der Waals surface area contributed by atoms with Crippen molar-refractivity contribution in [3.05, 3.63) is 30.1 Å². The van der Waals surface area contributed by atoms with Crippen LogP contribution in [-0.4, -0.2) is 23.0 Å². The fourth-order valence-corrected chi connectivity index (χ4v) is 1.87. The molecule has 0 saturated heterocycles. The van der Waals surface area contributed by atoms with Crippen LogP contribution in [0, 0.1) is 5.92 Å². The van der Waals surface area contributed by atoms with Crippen molar-refractivity contribution < 1.29 is 9.53 Å². The molecule has 1 heterocycles. The lowest BCUT2D eigenvalue weighted by molar-refractivity contribution is -0.141. The van der Waals surface area contributed by atoms with Gasteiger partial charge >= 0.3 is 5.97 Å². The van der Waals surface area contributed by atoms with Crippen molar-refractivity contribution in [1.29, 1.82) is 0 Å². The Morgan fingerprint density at radius 3 is 2.94 bits per heavy atom. The summed E-state index contributed by atoms with van der Waals surface area (Å²) in [5.74, 6) is 0.972. The summed E-state index contributed by atoms with van der Waals surface area (Å²) in [5, 5.41) is 0. The van der Waals surface area contributed by atoms with Crippen LogP contribution < -0.4 is 0 Å². The van der Waals surface area contributed by atoms with Gasteiger partial charge in [0.05, 0.1) is 18.1 Å². The molecule has 0 aliphatic heterocycles. The van der Waals surface area contributed by atoms with Crippen LogP contribution in [0.3, 0.4) is 0 Å². The molecule has 1 aromatic heterocycles. The molecular formula is C13H16N2O2. The third-order valence-electron chi connectivity index (χ3n) is 2.72. The number of esters is 1. The van der Waals surface area contributed by atoms with Crippen molar-refractivity contribution in [1.82, 2.24) is 9.97 Å². The van der Waals surface area contributed by atoms with Gasteiger partial charge in [-0.25, -0.2) is 4.98 Å². The quantitative estimate of drug-likeness (QED) is 0.823. The molecule has 0 radical (unpaired) electrons. The van der Waals surface area contributed by atoms with Crippen LogP contribution in [0.25, 0.3) is 11.0 Å². The van der Waals surface area contributed by atoms with Gasteiger partial charge in [0.15, 0.2) is 0 Å². The molecule has 0 spiro atoms. The smallest absolute Gasteiger partial charge is 0.305 e. The molecule has 2 aromatic rings. The third-order valence-corrected chi connectivity index (χ3v) is 2.72. The van der Waals surface area contributed by atoms with Crippen LogP contribution in [0.2, 0.25) is 0 Å². The highest BCUT2D eigenvalue weighted by atomic mass is 16.5. The number of nitrogens with zero attached hydrogens (tertiary/aromatic N) is 1. The minimum atomic E-state index is -0.173. The van der Waals surface area contributed by atoms with Crippen molar-refractivity contribution >= 4 is 17.0 Å². The summed E-state index contributed by atoms with van der Waals surface area (Å²) in [6.45, 7) is 2.02. The maximum Gasteiger partial charge on any atom is 0.305 e. The molecule has 4 nitrogen and oxygen atoms in total. The van der Waals surface area contributed by atoms with Gasteiger partial charge in [0.1, 0.15) is 5.82 Å². The number of benzene rings is 1. The zero-order valence-corrected chi connectivity index (χ0v) is 10.1. The Morgan fingerprint density at radius 2 is 2.24 bits per heavy atom. The predicted molar refractivity (Wildman–Crippen MR) is 65.6 cm³/mol. The van der Waals surface area contributed by atoms with Crippen LogP contribution >= 0.6 is 0 Å². The van der Waals surface area contributed by atoms with E-state index in [4.69, 9.17) is 0 Å². The number of ether oxygens (including phenoxy) is 1. The number of methoxy groups -OCH3 is 1. The second-order valence-electron chi connectivity index (χ2n) is 4.29. The first-order valence-corrected chi connectivity index (χ1v) is 5.69. The zero-order chi connectivity index (χ0) is 12.3. The van der Waals surface area contributed by atoms with Crippen LogP contribution in [-0.2, 0) is 16.0 Å². The van der Waals surface area contributed by atoms with Crippen molar-refractivity contribution in [2.24, 2.45) is 5.92 Å². The highest BCUT2D eigenvalue weighted by Gasteiger charge is 2.12. The molecule has 17 heavy (non-hydrogen) atoms. The topological polar surface area (TPSA) is 55.0 Å². The largest absolute Gasteiger partial charge is 0.469 e. The van der Waals surface area contributed by atoms with E-state index in [0.717, 1.165) is 23.3 Å². The molecule has 1 aromatic carbocycles. The lowest BCUT2D eigenvalue weighted by Gasteiger charge is -2.07. The molecule has 4 heteroatoms. The summed E-state index contributed by atoms with van der Waals surface area (Å²) in [6.07, 6.45) is 1.18. The highest BCUT2D eigenvalue weighted by Crippen LogP contribution is 2.15. The van der Waals surface area contributed by atoms with Crippen LogP contribution in [0.4, 0.5) is 0 Å². The van der Waals surface area contributed by atoms with Crippen LogP contribution in [0.1, 0.15) is 19.2 Å². The number of rotatable bonds is 4. The summed E-state index contributed by atoms with van der Waals surface area (Å²) in [7, 11) is 1.41. The first-order chi connectivity index (χ1) is 8.19. The number of fused-ring (bicyclic) bond motifs is 1. The number of hydrogen-bond acceptors (Lipinski definition) is 3. The fraction of sp³-hybridized carbons (Fsp3) is 0.385. The third kappa shape index (κ3) is 2.84. The molecule has 0 amide bonds. The first kappa shape index (κ1) is 11.6. The zero-order valence-electron chi connectivity index (χ0n) is 10.1. The predicted octanol–water partition coefficient (Wildman–Crippen LogP) is 2.30. The first-order valence-electron chi connectivity index (χ1n) is 5.69. The maximum atomic E-state index is 11.1. The standard InChI is InChI=1S/C13H16N2O2/c1-9(8-13(16)17-2)7-12-14-10-5-3-4-6-11(10)15-12/h3-6,9H,7-8H2,1-2H3,(H,14,15). The average Bonchev–Trinajstić information content (AvgIpc) is 2.70. The van der Waals surface area contributed by atoms with Crippen molar-refractivity contribution in [2.75, 3.05) is 7.11 Å². The van der Waals surface area contributed by atoms with Gasteiger partial charge in [-0.05, 0) is 18.1 Å². The maximum absolute atomic E-state index is 11.1. The van der Waals surface area contributed by atoms with E-state index < -0.39 is 0 Å². The van der Waals surface area contributed by atoms with E-state index in [1.165, 1.54) is 7.11 Å². The second kappa shape index (κ2) is 4.99. The molecule has 0 bridgehead atoms. The Kier molecular flexibility index (Phi) is 3.42. The van der Waals surface area contributed by atoms with E-state index in [0.29, 0.717) is 6.42 Å². The molecule has 1 unspecified atom stereocenters. The molecule has 0 aliphatic rings. The van der Waals surface area contributed by atoms with Gasteiger partial charge < -0.3 is 9.72 Å². The summed E-state index contributed by atoms with van der Waals surface area (Å²) in [4.78, 5) is 18.9. The second-order valence-corrected chi connectivity index (χ2v) is 4.29. The normalized spacial score (nSPS) is 12.6. The van der Waals surface area contributed by atoms with E-state index in [9.17, 15) is 4.79 Å². The van der Waals surface area contributed by atoms with Gasteiger partial charge in [-0.2, -0.15) is 0 Å². The molecular weight excluding hydrogens is 216 g/mol. The molecule has 0 fully saturated rings. The van der Waals surface area contributed by atoms with E-state index in [1.807, 2.05) is 31.2 Å². The van der Waals surface area contributed by atoms with Crippen molar-refractivity contribution in [3.8, 4) is 0 Å². The number of aromatic amines is 1. The van der Waals surface area contributed by atoms with Gasteiger partial charge in [-0.15, -0.1) is 0 Å². The minimum Gasteiger partial charge on any atom is -0.469 e. The molecule has 1 atom stereocenters. The van der Waals surface area contributed by atoms with E-state index in [2.05, 4.69) is 14.7 Å². The molecule has 2 rings (SSSR count). The number of aromatic nitrogens is 2. The number of nitrogens with one attached hydrogen (secondary N) is 1. The van der Waals surface area contributed by atoms with Gasteiger partial charge in [-0.1, -0.05) is 19.1 Å². The monoisotopic (exact) mass is 232 g/mol. The average molecular weight is 232 g/mol. The Morgan fingerprint density at radius 1 is 1.47 bits per heavy atom. The van der Waals surface area contributed by atoms with Crippen LogP contribution in [0.15, 0.2) is 24.3 Å². The summed E-state index contributed by atoms with van der Waals surface area (Å²) < 4.78 is 4.65. The number of H-pyrrole nitrogens is 1. The summed E-state index contributed by atoms with van der Waals surface area (Å²) >= 11 is 0. The number of imidazole rings is 1. The minimum absolute atomic E-state index is 0.173. The number of carbonyl (C=O) groups is 1. The Hall–Kier alpha value is -1.84. The highest BCUT2D eigenvalue weighted by molar-refractivity contribution is 5.74. The van der Waals surface area contributed by atoms with E-state index >= 15 is 0 Å². The molecule has 1 N–H and O–H groups in total. The molecule has 90 valence electrons. The van der Waals surface area contributed by atoms with E-state index in [1.54, 1.807) is 0 Å². The molecule has 0 aliphatic carbocycles. The lowest BCUT2D eigenvalue weighted by atomic mass is 10.0. The SMILES string of the molecule is COC(=O)CC(C)Cc1nc2ccccc2[nH]1. The van der Waals surface area contributed by atoms with Crippen molar-refractivity contribution in [3.63, 3.8) is 0 Å². The number of carbonyl (C=O) groups excluding carboxylic acids is 1. The summed E-state index contributed by atoms with van der Waals surface area (Å²) in [6, 6.07) is 7.91. The van der Waals surface area contributed by atoms with E-state index in [-0.39, 0.29) is 11.9 Å². The fourth-order valence-electron chi connectivity index (χ4n) is 1.87. The van der Waals surface area contributed by atoms with Gasteiger partial charge in [0, 0.05) is 12.8 Å².